The van der Waals surface area contributed by atoms with Crippen LogP contribution in [0.5, 0.6) is 0 Å². The standard InChI is InChI=1S/C19H21NO5/c1-24-13-12-20-17(21)14-25-18(22)19(23,15-8-4-2-5-9-15)16-10-6-3-7-11-16/h2-11,23H,12-14H2,1H3,(H,20,21). The molecule has 2 rings (SSSR count). The van der Waals surface area contributed by atoms with Crippen LogP contribution in [-0.2, 0) is 24.7 Å². The number of ether oxygens (including phenoxy) is 2. The fraction of sp³-hybridized carbons (Fsp3) is 0.263. The molecule has 0 spiro atoms. The van der Waals surface area contributed by atoms with Gasteiger partial charge in [0.05, 0.1) is 6.61 Å². The number of nitrogens with one attached hydrogen (secondary N) is 1. The first-order valence-electron chi connectivity index (χ1n) is 7.85. The maximum Gasteiger partial charge on any atom is 0.348 e. The van der Waals surface area contributed by atoms with Crippen LogP contribution in [0.3, 0.4) is 0 Å². The molecule has 0 bridgehead atoms. The number of aliphatic hydroxyl groups is 1. The van der Waals surface area contributed by atoms with Gasteiger partial charge in [-0.25, -0.2) is 4.79 Å². The molecule has 25 heavy (non-hydrogen) atoms. The highest BCUT2D eigenvalue weighted by Crippen LogP contribution is 2.30. The van der Waals surface area contributed by atoms with Gasteiger partial charge in [0.25, 0.3) is 5.91 Å². The fourth-order valence-electron chi connectivity index (χ4n) is 2.34. The molecule has 0 saturated heterocycles. The van der Waals surface area contributed by atoms with Crippen LogP contribution in [-0.4, -0.2) is 43.9 Å². The van der Waals surface area contributed by atoms with Crippen LogP contribution in [0.25, 0.3) is 0 Å². The lowest BCUT2D eigenvalue weighted by Gasteiger charge is -2.26. The smallest absolute Gasteiger partial charge is 0.348 e. The summed E-state index contributed by atoms with van der Waals surface area (Å²) in [5.41, 5.74) is -1.26. The van der Waals surface area contributed by atoms with Gasteiger partial charge < -0.3 is 19.9 Å². The normalized spacial score (nSPS) is 11.0. The molecule has 0 atom stereocenters. The van der Waals surface area contributed by atoms with Crippen LogP contribution in [0.15, 0.2) is 60.7 Å². The zero-order valence-electron chi connectivity index (χ0n) is 14.0. The predicted molar refractivity (Wildman–Crippen MR) is 91.7 cm³/mol. The van der Waals surface area contributed by atoms with E-state index in [0.717, 1.165) is 0 Å². The molecule has 0 radical (unpaired) electrons. The first-order chi connectivity index (χ1) is 12.1. The summed E-state index contributed by atoms with van der Waals surface area (Å²) >= 11 is 0. The van der Waals surface area contributed by atoms with E-state index in [1.807, 2.05) is 0 Å². The summed E-state index contributed by atoms with van der Waals surface area (Å²) in [5, 5.41) is 13.7. The van der Waals surface area contributed by atoms with Gasteiger partial charge in [-0.2, -0.15) is 0 Å². The summed E-state index contributed by atoms with van der Waals surface area (Å²) in [4.78, 5) is 24.3. The van der Waals surface area contributed by atoms with Gasteiger partial charge in [-0.15, -0.1) is 0 Å². The third-order valence-corrected chi connectivity index (χ3v) is 3.64. The van der Waals surface area contributed by atoms with E-state index in [1.165, 1.54) is 7.11 Å². The Bertz CT molecular complexity index is 648. The SMILES string of the molecule is COCCNC(=O)COC(=O)C(O)(c1ccccc1)c1ccccc1. The van der Waals surface area contributed by atoms with Crippen LogP contribution < -0.4 is 5.32 Å². The van der Waals surface area contributed by atoms with Crippen LogP contribution in [0.2, 0.25) is 0 Å². The topological polar surface area (TPSA) is 84.9 Å². The second-order valence-corrected chi connectivity index (χ2v) is 5.36. The van der Waals surface area contributed by atoms with E-state index in [4.69, 9.17) is 9.47 Å². The maximum atomic E-state index is 12.6. The number of methoxy groups -OCH3 is 1. The van der Waals surface area contributed by atoms with Gasteiger partial charge in [0, 0.05) is 13.7 Å². The molecule has 0 aliphatic heterocycles. The molecule has 2 N–H and O–H groups in total. The van der Waals surface area contributed by atoms with Gasteiger partial charge in [-0.1, -0.05) is 60.7 Å². The van der Waals surface area contributed by atoms with Crippen molar-refractivity contribution in [2.45, 2.75) is 5.60 Å². The van der Waals surface area contributed by atoms with Gasteiger partial charge in [0.1, 0.15) is 0 Å². The highest BCUT2D eigenvalue weighted by Gasteiger charge is 2.41. The molecule has 0 heterocycles. The summed E-state index contributed by atoms with van der Waals surface area (Å²) in [6.07, 6.45) is 0. The van der Waals surface area contributed by atoms with E-state index in [2.05, 4.69) is 5.32 Å². The Morgan fingerprint density at radius 1 is 1.00 bits per heavy atom. The van der Waals surface area contributed by atoms with Crippen molar-refractivity contribution >= 4 is 11.9 Å². The molecule has 0 aromatic heterocycles. The molecule has 0 fully saturated rings. The number of rotatable bonds is 8. The molecular weight excluding hydrogens is 322 g/mol. The van der Waals surface area contributed by atoms with E-state index < -0.39 is 24.1 Å². The molecule has 6 heteroatoms. The monoisotopic (exact) mass is 343 g/mol. The van der Waals surface area contributed by atoms with Crippen molar-refractivity contribution in [3.8, 4) is 0 Å². The van der Waals surface area contributed by atoms with E-state index in [0.29, 0.717) is 24.3 Å². The molecule has 6 nitrogen and oxygen atoms in total. The number of benzene rings is 2. The zero-order chi connectivity index (χ0) is 18.1. The van der Waals surface area contributed by atoms with Crippen molar-refractivity contribution in [1.82, 2.24) is 5.32 Å². The number of esters is 1. The summed E-state index contributed by atoms with van der Waals surface area (Å²) < 4.78 is 9.89. The summed E-state index contributed by atoms with van der Waals surface area (Å²) in [7, 11) is 1.52. The summed E-state index contributed by atoms with van der Waals surface area (Å²) in [5.74, 6) is -1.37. The Labute approximate surface area is 146 Å². The van der Waals surface area contributed by atoms with Crippen molar-refractivity contribution in [1.29, 1.82) is 0 Å². The lowest BCUT2D eigenvalue weighted by atomic mass is 9.86. The fourth-order valence-corrected chi connectivity index (χ4v) is 2.34. The lowest BCUT2D eigenvalue weighted by molar-refractivity contribution is -0.164. The Kier molecular flexibility index (Phi) is 6.68. The molecule has 0 saturated carbocycles. The van der Waals surface area contributed by atoms with Crippen LogP contribution in [0.4, 0.5) is 0 Å². The average Bonchev–Trinajstić information content (AvgIpc) is 2.67. The third-order valence-electron chi connectivity index (χ3n) is 3.64. The average molecular weight is 343 g/mol. The van der Waals surface area contributed by atoms with Crippen LogP contribution in [0, 0.1) is 0 Å². The van der Waals surface area contributed by atoms with Crippen molar-refractivity contribution in [3.63, 3.8) is 0 Å². The largest absolute Gasteiger partial charge is 0.453 e. The van der Waals surface area contributed by atoms with Crippen molar-refractivity contribution in [3.05, 3.63) is 71.8 Å². The van der Waals surface area contributed by atoms with Gasteiger partial charge in [0.2, 0.25) is 5.60 Å². The minimum atomic E-state index is -1.99. The Morgan fingerprint density at radius 3 is 2.00 bits per heavy atom. The van der Waals surface area contributed by atoms with Gasteiger partial charge in [0.15, 0.2) is 6.61 Å². The zero-order valence-corrected chi connectivity index (χ0v) is 14.0. The van der Waals surface area contributed by atoms with E-state index in [-0.39, 0.29) is 0 Å². The Balaban J connectivity index is 2.16. The first-order valence-corrected chi connectivity index (χ1v) is 7.85. The molecule has 2 aromatic rings. The van der Waals surface area contributed by atoms with E-state index in [9.17, 15) is 14.7 Å². The molecule has 0 aliphatic rings. The Hall–Kier alpha value is -2.70. The van der Waals surface area contributed by atoms with Crippen LogP contribution in [0.1, 0.15) is 11.1 Å². The molecule has 0 aliphatic carbocycles. The highest BCUT2D eigenvalue weighted by molar-refractivity contribution is 5.88. The van der Waals surface area contributed by atoms with Crippen molar-refractivity contribution in [2.24, 2.45) is 0 Å². The number of carbonyl (C=O) groups is 2. The second-order valence-electron chi connectivity index (χ2n) is 5.36. The molecule has 0 unspecified atom stereocenters. The quantitative estimate of drug-likeness (QED) is 0.556. The summed E-state index contributed by atoms with van der Waals surface area (Å²) in [6.45, 7) is 0.191. The minimum Gasteiger partial charge on any atom is -0.453 e. The molecular formula is C19H21NO5. The number of hydrogen-bond acceptors (Lipinski definition) is 5. The number of carbonyl (C=O) groups excluding carboxylic acids is 2. The number of hydrogen-bond donors (Lipinski definition) is 2. The number of amides is 1. The maximum absolute atomic E-state index is 12.6. The first kappa shape index (κ1) is 18.6. The second kappa shape index (κ2) is 8.96. The van der Waals surface area contributed by atoms with E-state index in [1.54, 1.807) is 60.7 Å². The van der Waals surface area contributed by atoms with Crippen LogP contribution >= 0.6 is 0 Å². The third kappa shape index (κ3) is 4.65. The van der Waals surface area contributed by atoms with Gasteiger partial charge >= 0.3 is 5.97 Å². The lowest BCUT2D eigenvalue weighted by Crippen LogP contribution is -2.41. The van der Waals surface area contributed by atoms with Gasteiger partial charge in [-0.05, 0) is 11.1 Å². The minimum absolute atomic E-state index is 0.314. The molecule has 2 aromatic carbocycles. The predicted octanol–water partition coefficient (Wildman–Crippen LogP) is 1.23. The summed E-state index contributed by atoms with van der Waals surface area (Å²) in [6, 6.07) is 17.0. The highest BCUT2D eigenvalue weighted by atomic mass is 16.6. The molecule has 1 amide bonds. The van der Waals surface area contributed by atoms with Crippen molar-refractivity contribution in [2.75, 3.05) is 26.9 Å². The Morgan fingerprint density at radius 2 is 1.52 bits per heavy atom. The van der Waals surface area contributed by atoms with E-state index >= 15 is 0 Å². The molecule has 132 valence electrons. The van der Waals surface area contributed by atoms with Gasteiger partial charge in [-0.3, -0.25) is 4.79 Å². The van der Waals surface area contributed by atoms with Crippen molar-refractivity contribution < 1.29 is 24.2 Å².